The van der Waals surface area contributed by atoms with Gasteiger partial charge in [0.2, 0.25) is 5.91 Å². The quantitative estimate of drug-likeness (QED) is 0.167. The summed E-state index contributed by atoms with van der Waals surface area (Å²) >= 11 is 1.20. The van der Waals surface area contributed by atoms with Crippen LogP contribution in [0.1, 0.15) is 34.0 Å². The molecule has 0 spiro atoms. The Balaban J connectivity index is 1.48. The number of rotatable bonds is 10. The Morgan fingerprint density at radius 1 is 1.03 bits per heavy atom. The predicted octanol–water partition coefficient (Wildman–Crippen LogP) is 7.28. The van der Waals surface area contributed by atoms with E-state index in [0.29, 0.717) is 34.2 Å². The fourth-order valence-corrected chi connectivity index (χ4v) is 4.82. The number of carbonyl (C=O) groups is 2. The average Bonchev–Trinajstić information content (AvgIpc) is 3.35. The minimum absolute atomic E-state index is 0.178. The molecule has 4 aromatic rings. The maximum atomic E-state index is 13.4. The van der Waals surface area contributed by atoms with Crippen molar-refractivity contribution in [2.75, 3.05) is 19.0 Å². The zero-order valence-corrected chi connectivity index (χ0v) is 22.6. The number of ether oxygens (including phenoxy) is 3. The van der Waals surface area contributed by atoms with E-state index in [1.165, 1.54) is 29.5 Å². The van der Waals surface area contributed by atoms with Crippen LogP contribution in [-0.4, -0.2) is 25.6 Å². The lowest BCUT2D eigenvalue weighted by molar-refractivity contribution is -0.111. The summed E-state index contributed by atoms with van der Waals surface area (Å²) in [5.74, 6) is -0.241. The fourth-order valence-electron chi connectivity index (χ4n) is 3.86. The molecule has 0 saturated carbocycles. The van der Waals surface area contributed by atoms with Crippen LogP contribution in [0, 0.1) is 12.7 Å². The third kappa shape index (κ3) is 6.91. The molecule has 1 N–H and O–H groups in total. The molecule has 0 fully saturated rings. The van der Waals surface area contributed by atoms with Gasteiger partial charge in [0.05, 0.1) is 13.7 Å². The number of esters is 1. The van der Waals surface area contributed by atoms with Crippen molar-refractivity contribution in [1.29, 1.82) is 0 Å². The molecule has 4 rings (SSSR count). The van der Waals surface area contributed by atoms with E-state index in [4.69, 9.17) is 14.2 Å². The average molecular weight is 546 g/mol. The standard InChI is InChI=1S/C31H28FNO5S/c1-4-37-31(35)29-25(22-11-13-24(32)14-12-22)19-39-30(29)33-28(34)16-10-21-9-15-26(27(17-21)36-3)38-18-23-8-6-5-7-20(23)2/h5-17,19H,4,18H2,1-3H3,(H,33,34). The third-order valence-electron chi connectivity index (χ3n) is 5.92. The molecule has 6 nitrogen and oxygen atoms in total. The van der Waals surface area contributed by atoms with Gasteiger partial charge in [-0.2, -0.15) is 0 Å². The Kier molecular flexibility index (Phi) is 9.12. The summed E-state index contributed by atoms with van der Waals surface area (Å²) in [6.45, 7) is 4.32. The summed E-state index contributed by atoms with van der Waals surface area (Å²) in [5.41, 5.74) is 4.38. The van der Waals surface area contributed by atoms with E-state index in [-0.39, 0.29) is 18.0 Å². The monoisotopic (exact) mass is 545 g/mol. The maximum absolute atomic E-state index is 13.4. The molecule has 39 heavy (non-hydrogen) atoms. The first-order valence-corrected chi connectivity index (χ1v) is 13.2. The minimum Gasteiger partial charge on any atom is -0.493 e. The SMILES string of the molecule is CCOC(=O)c1c(-c2ccc(F)cc2)csc1NC(=O)C=Cc1ccc(OCc2ccccc2C)c(OC)c1. The van der Waals surface area contributed by atoms with Crippen LogP contribution in [0.5, 0.6) is 11.5 Å². The molecule has 8 heteroatoms. The number of amides is 1. The van der Waals surface area contributed by atoms with Crippen molar-refractivity contribution in [3.8, 4) is 22.6 Å². The highest BCUT2D eigenvalue weighted by Gasteiger charge is 2.22. The van der Waals surface area contributed by atoms with Crippen LogP contribution in [-0.2, 0) is 16.1 Å². The number of methoxy groups -OCH3 is 1. The Labute approximate surface area is 230 Å². The lowest BCUT2D eigenvalue weighted by Gasteiger charge is -2.12. The first-order chi connectivity index (χ1) is 18.9. The van der Waals surface area contributed by atoms with Crippen molar-refractivity contribution in [3.63, 3.8) is 0 Å². The van der Waals surface area contributed by atoms with Crippen LogP contribution >= 0.6 is 11.3 Å². The molecule has 0 aliphatic heterocycles. The van der Waals surface area contributed by atoms with Gasteiger partial charge in [-0.3, -0.25) is 4.79 Å². The maximum Gasteiger partial charge on any atom is 0.341 e. The molecule has 1 aromatic heterocycles. The van der Waals surface area contributed by atoms with Crippen molar-refractivity contribution >= 4 is 34.3 Å². The largest absolute Gasteiger partial charge is 0.493 e. The molecule has 0 bridgehead atoms. The third-order valence-corrected chi connectivity index (χ3v) is 6.82. The second-order valence-electron chi connectivity index (χ2n) is 8.53. The second kappa shape index (κ2) is 12.9. The fraction of sp³-hybridized carbons (Fsp3) is 0.161. The van der Waals surface area contributed by atoms with E-state index >= 15 is 0 Å². The van der Waals surface area contributed by atoms with Crippen LogP contribution < -0.4 is 14.8 Å². The van der Waals surface area contributed by atoms with Crippen LogP contribution in [0.15, 0.2) is 78.2 Å². The number of benzene rings is 3. The number of nitrogens with one attached hydrogen (secondary N) is 1. The Morgan fingerprint density at radius 3 is 2.51 bits per heavy atom. The highest BCUT2D eigenvalue weighted by molar-refractivity contribution is 7.15. The van der Waals surface area contributed by atoms with Gasteiger partial charge in [0.1, 0.15) is 23.0 Å². The number of halogens is 1. The molecule has 0 aliphatic carbocycles. The Hall–Kier alpha value is -4.43. The van der Waals surface area contributed by atoms with Gasteiger partial charge in [-0.05, 0) is 66.4 Å². The molecule has 1 heterocycles. The zero-order valence-electron chi connectivity index (χ0n) is 21.8. The summed E-state index contributed by atoms with van der Waals surface area (Å²) in [5, 5.41) is 4.85. The number of hydrogen-bond donors (Lipinski definition) is 1. The van der Waals surface area contributed by atoms with Crippen LogP contribution in [0.3, 0.4) is 0 Å². The van der Waals surface area contributed by atoms with Crippen molar-refractivity contribution in [1.82, 2.24) is 0 Å². The van der Waals surface area contributed by atoms with E-state index in [0.717, 1.165) is 16.7 Å². The summed E-state index contributed by atoms with van der Waals surface area (Å²) in [7, 11) is 1.56. The molecule has 0 atom stereocenters. The topological polar surface area (TPSA) is 73.9 Å². The molecule has 3 aromatic carbocycles. The minimum atomic E-state index is -0.566. The second-order valence-corrected chi connectivity index (χ2v) is 9.41. The molecule has 0 aliphatic rings. The number of aryl methyl sites for hydroxylation is 1. The highest BCUT2D eigenvalue weighted by atomic mass is 32.1. The van der Waals surface area contributed by atoms with E-state index in [1.807, 2.05) is 37.3 Å². The molecular formula is C31H28FNO5S. The van der Waals surface area contributed by atoms with Crippen molar-refractivity contribution in [2.45, 2.75) is 20.5 Å². The Morgan fingerprint density at radius 2 is 1.79 bits per heavy atom. The molecule has 0 unspecified atom stereocenters. The number of thiophene rings is 1. The van der Waals surface area contributed by atoms with E-state index in [2.05, 4.69) is 5.32 Å². The zero-order chi connectivity index (χ0) is 27.8. The molecule has 0 radical (unpaired) electrons. The number of carbonyl (C=O) groups excluding carboxylic acids is 2. The van der Waals surface area contributed by atoms with Crippen LogP contribution in [0.25, 0.3) is 17.2 Å². The summed E-state index contributed by atoms with van der Waals surface area (Å²) < 4.78 is 30.1. The van der Waals surface area contributed by atoms with E-state index < -0.39 is 11.9 Å². The van der Waals surface area contributed by atoms with E-state index in [1.54, 1.807) is 49.8 Å². The van der Waals surface area contributed by atoms with Gasteiger partial charge < -0.3 is 19.5 Å². The Bertz CT molecular complexity index is 1490. The number of anilines is 1. The van der Waals surface area contributed by atoms with Crippen LogP contribution in [0.2, 0.25) is 0 Å². The number of hydrogen-bond acceptors (Lipinski definition) is 6. The van der Waals surface area contributed by atoms with Gasteiger partial charge in [-0.15, -0.1) is 11.3 Å². The van der Waals surface area contributed by atoms with Gasteiger partial charge in [0.25, 0.3) is 0 Å². The lowest BCUT2D eigenvalue weighted by atomic mass is 10.0. The van der Waals surface area contributed by atoms with Gasteiger partial charge >= 0.3 is 5.97 Å². The van der Waals surface area contributed by atoms with Gasteiger partial charge in [-0.25, -0.2) is 9.18 Å². The molecular weight excluding hydrogens is 517 g/mol. The predicted molar refractivity (Wildman–Crippen MR) is 152 cm³/mol. The summed E-state index contributed by atoms with van der Waals surface area (Å²) in [6, 6.07) is 19.2. The van der Waals surface area contributed by atoms with Gasteiger partial charge in [0.15, 0.2) is 11.5 Å². The first kappa shape index (κ1) is 27.6. The van der Waals surface area contributed by atoms with Gasteiger partial charge in [-0.1, -0.05) is 42.5 Å². The summed E-state index contributed by atoms with van der Waals surface area (Å²) in [4.78, 5) is 25.5. The lowest BCUT2D eigenvalue weighted by Crippen LogP contribution is -2.12. The molecule has 200 valence electrons. The molecule has 1 amide bonds. The highest BCUT2D eigenvalue weighted by Crippen LogP contribution is 2.36. The summed E-state index contributed by atoms with van der Waals surface area (Å²) in [6.07, 6.45) is 3.01. The molecule has 0 saturated heterocycles. The van der Waals surface area contributed by atoms with E-state index in [9.17, 15) is 14.0 Å². The van der Waals surface area contributed by atoms with Crippen molar-refractivity contribution in [3.05, 3.63) is 106 Å². The van der Waals surface area contributed by atoms with Crippen molar-refractivity contribution in [2.24, 2.45) is 0 Å². The first-order valence-electron chi connectivity index (χ1n) is 12.3. The normalized spacial score (nSPS) is 10.9. The van der Waals surface area contributed by atoms with Crippen LogP contribution in [0.4, 0.5) is 9.39 Å². The smallest absolute Gasteiger partial charge is 0.341 e. The van der Waals surface area contributed by atoms with Gasteiger partial charge in [0, 0.05) is 17.0 Å². The van der Waals surface area contributed by atoms with Crippen molar-refractivity contribution < 1.29 is 28.2 Å².